The molecule has 0 aromatic rings. The predicted molar refractivity (Wildman–Crippen MR) is 30.5 cm³/mol. The summed E-state index contributed by atoms with van der Waals surface area (Å²) in [7, 11) is 1.65. The molecule has 0 aromatic carbocycles. The van der Waals surface area contributed by atoms with Gasteiger partial charge < -0.3 is 21.8 Å². The van der Waals surface area contributed by atoms with Gasteiger partial charge in [0, 0.05) is 15.6 Å². The summed E-state index contributed by atoms with van der Waals surface area (Å²) in [6.07, 6.45) is 0. The van der Waals surface area contributed by atoms with E-state index in [0.29, 0.717) is 0 Å². The van der Waals surface area contributed by atoms with Crippen molar-refractivity contribution < 1.29 is 45.3 Å². The minimum Gasteiger partial charge on any atom is -0.402 e. The molecule has 3 nitrogen and oxygen atoms in total. The molecule has 0 rings (SSSR count). The van der Waals surface area contributed by atoms with Gasteiger partial charge >= 0.3 is 36.9 Å². The van der Waals surface area contributed by atoms with Crippen LogP contribution in [0.4, 0.5) is 0 Å². The molecule has 5 heteroatoms. The molecular weight excluding hydrogens is 118 g/mol. The standard InChI is InChI=1S/C2H7BO3.CH3.Na.H2/c1-5-3(4)6-2;;;/h4H,1-2H3;1H3;;1H/q;-1;+1;. The molecule has 46 valence electrons. The average molecular weight is 130 g/mol. The molecule has 0 amide bonds. The van der Waals surface area contributed by atoms with Crippen LogP contribution in [0.25, 0.3) is 0 Å². The third kappa shape index (κ3) is 10.0. The monoisotopic (exact) mass is 130 g/mol. The maximum absolute atomic E-state index is 8.22. The Labute approximate surface area is 74.3 Å². The summed E-state index contributed by atoms with van der Waals surface area (Å²) >= 11 is 0. The van der Waals surface area contributed by atoms with Crippen LogP contribution >= 0.6 is 0 Å². The van der Waals surface area contributed by atoms with Gasteiger partial charge in [0.2, 0.25) is 0 Å². The van der Waals surface area contributed by atoms with E-state index in [2.05, 4.69) is 9.31 Å². The van der Waals surface area contributed by atoms with E-state index < -0.39 is 7.32 Å². The first-order valence-electron chi connectivity index (χ1n) is 1.55. The summed E-state index contributed by atoms with van der Waals surface area (Å²) in [6, 6.07) is 0. The maximum Gasteiger partial charge on any atom is 1.00 e. The van der Waals surface area contributed by atoms with Crippen molar-refractivity contribution in [1.29, 1.82) is 0 Å². The molecule has 0 aliphatic carbocycles. The molecule has 0 saturated carbocycles. The fraction of sp³-hybridized carbons (Fsp3) is 0.667. The van der Waals surface area contributed by atoms with Gasteiger partial charge in [-0.05, 0) is 0 Å². The largest absolute Gasteiger partial charge is 1.00 e. The van der Waals surface area contributed by atoms with Crippen LogP contribution in [-0.4, -0.2) is 26.6 Å². The molecular formula is C3H12BNaO3. The Balaban J connectivity index is -0.0000000417. The first-order chi connectivity index (χ1) is 2.81. The Morgan fingerprint density at radius 3 is 1.62 bits per heavy atom. The van der Waals surface area contributed by atoms with E-state index >= 15 is 0 Å². The van der Waals surface area contributed by atoms with Crippen molar-refractivity contribution in [3.05, 3.63) is 7.43 Å². The Hall–Kier alpha value is 0.945. The van der Waals surface area contributed by atoms with E-state index in [1.807, 2.05) is 0 Å². The molecule has 0 bridgehead atoms. The first-order valence-corrected chi connectivity index (χ1v) is 1.55. The third-order valence-corrected chi connectivity index (χ3v) is 0.403. The normalized spacial score (nSPS) is 6.38. The second-order valence-electron chi connectivity index (χ2n) is 0.778. The Morgan fingerprint density at radius 2 is 1.62 bits per heavy atom. The van der Waals surface area contributed by atoms with Crippen LogP contribution in [0, 0.1) is 7.43 Å². The quantitative estimate of drug-likeness (QED) is 0.319. The van der Waals surface area contributed by atoms with Crippen LogP contribution < -0.4 is 29.6 Å². The zero-order valence-corrected chi connectivity index (χ0v) is 7.84. The Morgan fingerprint density at radius 1 is 1.38 bits per heavy atom. The fourth-order valence-corrected chi connectivity index (χ4v) is 0.0962. The minimum absolute atomic E-state index is 0. The summed E-state index contributed by atoms with van der Waals surface area (Å²) in [5.41, 5.74) is 0. The molecule has 0 radical (unpaired) electrons. The molecule has 0 aromatic heterocycles. The fourth-order valence-electron chi connectivity index (χ4n) is 0.0962. The zero-order chi connectivity index (χ0) is 4.99. The molecule has 0 spiro atoms. The van der Waals surface area contributed by atoms with Crippen LogP contribution in [0.5, 0.6) is 0 Å². The van der Waals surface area contributed by atoms with E-state index in [1.54, 1.807) is 0 Å². The molecule has 0 fully saturated rings. The van der Waals surface area contributed by atoms with Gasteiger partial charge in [0.25, 0.3) is 0 Å². The van der Waals surface area contributed by atoms with E-state index in [9.17, 15) is 0 Å². The topological polar surface area (TPSA) is 38.7 Å². The molecule has 0 unspecified atom stereocenters. The summed E-state index contributed by atoms with van der Waals surface area (Å²) < 4.78 is 8.47. The molecule has 0 aliphatic rings. The second kappa shape index (κ2) is 10.8. The molecule has 0 saturated heterocycles. The van der Waals surface area contributed by atoms with Crippen LogP contribution in [0.2, 0.25) is 0 Å². The first kappa shape index (κ1) is 16.0. The predicted octanol–water partition coefficient (Wildman–Crippen LogP) is -3.04. The number of hydrogen-bond donors (Lipinski definition) is 1. The van der Waals surface area contributed by atoms with Gasteiger partial charge in [0.15, 0.2) is 0 Å². The van der Waals surface area contributed by atoms with Crippen molar-refractivity contribution in [3.8, 4) is 0 Å². The summed E-state index contributed by atoms with van der Waals surface area (Å²) in [5, 5.41) is 8.22. The SMILES string of the molecule is COB(O)OC.[CH3-].[HH].[Na+]. The van der Waals surface area contributed by atoms with Gasteiger partial charge in [-0.1, -0.05) is 0 Å². The molecule has 0 aliphatic heterocycles. The van der Waals surface area contributed by atoms with Crippen LogP contribution in [0.1, 0.15) is 1.43 Å². The van der Waals surface area contributed by atoms with Gasteiger partial charge in [-0.25, -0.2) is 0 Å². The van der Waals surface area contributed by atoms with Crippen molar-refractivity contribution in [3.63, 3.8) is 0 Å². The number of hydrogen-bond acceptors (Lipinski definition) is 3. The zero-order valence-electron chi connectivity index (χ0n) is 5.84. The van der Waals surface area contributed by atoms with Crippen molar-refractivity contribution in [1.82, 2.24) is 0 Å². The van der Waals surface area contributed by atoms with Crippen molar-refractivity contribution in [2.45, 2.75) is 0 Å². The van der Waals surface area contributed by atoms with Crippen LogP contribution in [-0.2, 0) is 9.31 Å². The van der Waals surface area contributed by atoms with Crippen molar-refractivity contribution in [2.75, 3.05) is 14.2 Å². The van der Waals surface area contributed by atoms with Gasteiger partial charge in [-0.2, -0.15) is 0 Å². The average Bonchev–Trinajstić information content (AvgIpc) is 1.65. The van der Waals surface area contributed by atoms with Gasteiger partial charge in [-0.3, -0.25) is 0 Å². The Kier molecular flexibility index (Phi) is 21.7. The summed E-state index contributed by atoms with van der Waals surface area (Å²) in [6.45, 7) is 0. The van der Waals surface area contributed by atoms with Crippen LogP contribution in [0.3, 0.4) is 0 Å². The summed E-state index contributed by atoms with van der Waals surface area (Å²) in [4.78, 5) is 0. The van der Waals surface area contributed by atoms with E-state index in [1.165, 1.54) is 14.2 Å². The second-order valence-corrected chi connectivity index (χ2v) is 0.778. The third-order valence-electron chi connectivity index (χ3n) is 0.403. The van der Waals surface area contributed by atoms with Gasteiger partial charge in [-0.15, -0.1) is 0 Å². The van der Waals surface area contributed by atoms with Gasteiger partial charge in [0.1, 0.15) is 0 Å². The number of rotatable bonds is 2. The van der Waals surface area contributed by atoms with Crippen LogP contribution in [0.15, 0.2) is 0 Å². The van der Waals surface area contributed by atoms with Gasteiger partial charge in [0.05, 0.1) is 0 Å². The molecule has 8 heavy (non-hydrogen) atoms. The Bertz CT molecular complexity index is 38.2. The summed E-state index contributed by atoms with van der Waals surface area (Å²) in [5.74, 6) is 0. The maximum atomic E-state index is 8.22. The van der Waals surface area contributed by atoms with Crippen molar-refractivity contribution in [2.24, 2.45) is 0 Å². The molecule has 0 atom stereocenters. The van der Waals surface area contributed by atoms with E-state index in [-0.39, 0.29) is 38.4 Å². The molecule has 0 heterocycles. The minimum atomic E-state index is -1.06. The smallest absolute Gasteiger partial charge is 0.402 e. The van der Waals surface area contributed by atoms with E-state index in [4.69, 9.17) is 5.02 Å². The molecule has 1 N–H and O–H groups in total. The van der Waals surface area contributed by atoms with Crippen molar-refractivity contribution >= 4 is 7.32 Å². The van der Waals surface area contributed by atoms with E-state index in [0.717, 1.165) is 0 Å².